The highest BCUT2D eigenvalue weighted by Crippen LogP contribution is 2.22. The van der Waals surface area contributed by atoms with Gasteiger partial charge in [0.2, 0.25) is 5.91 Å². The van der Waals surface area contributed by atoms with Gasteiger partial charge in [-0.2, -0.15) is 0 Å². The Hall–Kier alpha value is -0.610. The molecule has 0 heterocycles. The van der Waals surface area contributed by atoms with E-state index in [-0.39, 0.29) is 5.91 Å². The Morgan fingerprint density at radius 2 is 1.82 bits per heavy atom. The van der Waals surface area contributed by atoms with Gasteiger partial charge in [-0.3, -0.25) is 4.79 Å². The van der Waals surface area contributed by atoms with Crippen molar-refractivity contribution in [2.45, 2.75) is 51.1 Å². The van der Waals surface area contributed by atoms with Gasteiger partial charge in [0.1, 0.15) is 0 Å². The monoisotopic (exact) mass is 241 g/mol. The number of carbonyl (C=O) groups is 1. The van der Waals surface area contributed by atoms with Crippen LogP contribution >= 0.6 is 0 Å². The molecule has 0 aliphatic heterocycles. The van der Waals surface area contributed by atoms with Gasteiger partial charge in [0.15, 0.2) is 0 Å². The molecule has 1 rings (SSSR count). The second kappa shape index (κ2) is 6.97. The van der Waals surface area contributed by atoms with E-state index >= 15 is 0 Å². The number of amides is 1. The molecule has 0 radical (unpaired) electrons. The average molecular weight is 241 g/mol. The Morgan fingerprint density at radius 1 is 1.24 bits per heavy atom. The molecule has 100 valence electrons. The zero-order valence-electron chi connectivity index (χ0n) is 11.5. The van der Waals surface area contributed by atoms with E-state index in [1.165, 1.54) is 12.8 Å². The van der Waals surface area contributed by atoms with Crippen LogP contribution < -0.4 is 5.73 Å². The highest BCUT2D eigenvalue weighted by atomic mass is 16.2. The largest absolute Gasteiger partial charge is 0.349 e. The first-order valence-electron chi connectivity index (χ1n) is 6.74. The summed E-state index contributed by atoms with van der Waals surface area (Å²) in [6.45, 7) is 4.09. The quantitative estimate of drug-likeness (QED) is 0.783. The van der Waals surface area contributed by atoms with Crippen molar-refractivity contribution in [1.82, 2.24) is 9.80 Å². The van der Waals surface area contributed by atoms with Gasteiger partial charge in [-0.1, -0.05) is 6.92 Å². The fourth-order valence-electron chi connectivity index (χ4n) is 2.53. The summed E-state index contributed by atoms with van der Waals surface area (Å²) in [5.41, 5.74) is 5.92. The molecule has 0 aromatic rings. The first kappa shape index (κ1) is 14.5. The fourth-order valence-corrected chi connectivity index (χ4v) is 2.53. The molecule has 0 atom stereocenters. The summed E-state index contributed by atoms with van der Waals surface area (Å²) >= 11 is 0. The van der Waals surface area contributed by atoms with Crippen molar-refractivity contribution in [1.29, 1.82) is 0 Å². The van der Waals surface area contributed by atoms with E-state index in [9.17, 15) is 4.79 Å². The molecule has 2 N–H and O–H groups in total. The maximum atomic E-state index is 11.6. The third-order valence-electron chi connectivity index (χ3n) is 3.78. The van der Waals surface area contributed by atoms with Crippen LogP contribution in [0.15, 0.2) is 0 Å². The standard InChI is InChI=1S/C13H27N3O/c1-4-16(10-9-13(17)15(2)3)12-7-5-11(14)6-8-12/h11-12H,4-10,14H2,1-3H3. The first-order valence-corrected chi connectivity index (χ1v) is 6.74. The highest BCUT2D eigenvalue weighted by Gasteiger charge is 2.23. The zero-order valence-corrected chi connectivity index (χ0v) is 11.5. The Balaban J connectivity index is 2.35. The van der Waals surface area contributed by atoms with Crippen LogP contribution in [-0.2, 0) is 4.79 Å². The maximum Gasteiger partial charge on any atom is 0.223 e. The van der Waals surface area contributed by atoms with E-state index < -0.39 is 0 Å². The van der Waals surface area contributed by atoms with Crippen LogP contribution in [0.25, 0.3) is 0 Å². The second-order valence-corrected chi connectivity index (χ2v) is 5.24. The van der Waals surface area contributed by atoms with Crippen molar-refractivity contribution in [2.24, 2.45) is 5.73 Å². The van der Waals surface area contributed by atoms with Gasteiger partial charge in [-0.25, -0.2) is 0 Å². The lowest BCUT2D eigenvalue weighted by Gasteiger charge is -2.35. The maximum absolute atomic E-state index is 11.6. The Kier molecular flexibility index (Phi) is 5.92. The molecule has 0 bridgehead atoms. The molecule has 0 aromatic heterocycles. The van der Waals surface area contributed by atoms with Crippen LogP contribution in [0.1, 0.15) is 39.0 Å². The number of hydrogen-bond acceptors (Lipinski definition) is 3. The highest BCUT2D eigenvalue weighted by molar-refractivity contribution is 5.75. The number of nitrogens with zero attached hydrogens (tertiary/aromatic N) is 2. The van der Waals surface area contributed by atoms with Crippen molar-refractivity contribution >= 4 is 5.91 Å². The molecule has 0 unspecified atom stereocenters. The summed E-state index contributed by atoms with van der Waals surface area (Å²) < 4.78 is 0. The number of rotatable bonds is 5. The minimum Gasteiger partial charge on any atom is -0.349 e. The first-order chi connectivity index (χ1) is 8.04. The van der Waals surface area contributed by atoms with Crippen LogP contribution in [0.3, 0.4) is 0 Å². The molecular formula is C13H27N3O. The molecule has 4 nitrogen and oxygen atoms in total. The predicted octanol–water partition coefficient (Wildman–Crippen LogP) is 1.06. The summed E-state index contributed by atoms with van der Waals surface area (Å²) in [5, 5.41) is 0. The minimum absolute atomic E-state index is 0.218. The third-order valence-corrected chi connectivity index (χ3v) is 3.78. The molecule has 4 heteroatoms. The smallest absolute Gasteiger partial charge is 0.223 e. The normalized spacial score (nSPS) is 25.0. The van der Waals surface area contributed by atoms with Crippen molar-refractivity contribution in [2.75, 3.05) is 27.2 Å². The predicted molar refractivity (Wildman–Crippen MR) is 70.8 cm³/mol. The zero-order chi connectivity index (χ0) is 12.8. The van der Waals surface area contributed by atoms with E-state index in [1.54, 1.807) is 4.90 Å². The SMILES string of the molecule is CCN(CCC(=O)N(C)C)C1CCC(N)CC1. The summed E-state index contributed by atoms with van der Waals surface area (Å²) in [5.74, 6) is 0.218. The summed E-state index contributed by atoms with van der Waals surface area (Å²) in [4.78, 5) is 15.7. The Labute approximate surface area is 105 Å². The van der Waals surface area contributed by atoms with E-state index in [2.05, 4.69) is 11.8 Å². The summed E-state index contributed by atoms with van der Waals surface area (Å²) in [7, 11) is 3.64. The third kappa shape index (κ3) is 4.64. The molecular weight excluding hydrogens is 214 g/mol. The summed E-state index contributed by atoms with van der Waals surface area (Å²) in [6, 6.07) is 1.03. The van der Waals surface area contributed by atoms with E-state index in [4.69, 9.17) is 5.73 Å². The van der Waals surface area contributed by atoms with Crippen LogP contribution in [0.5, 0.6) is 0 Å². The van der Waals surface area contributed by atoms with Gasteiger partial charge in [0, 0.05) is 39.1 Å². The molecule has 1 amide bonds. The molecule has 1 saturated carbocycles. The van der Waals surface area contributed by atoms with Gasteiger partial charge in [0.05, 0.1) is 0 Å². The van der Waals surface area contributed by atoms with Crippen LogP contribution in [0.2, 0.25) is 0 Å². The average Bonchev–Trinajstić information content (AvgIpc) is 2.31. The van der Waals surface area contributed by atoms with Gasteiger partial charge in [-0.15, -0.1) is 0 Å². The van der Waals surface area contributed by atoms with Crippen molar-refractivity contribution in [3.63, 3.8) is 0 Å². The van der Waals surface area contributed by atoms with Crippen LogP contribution in [0.4, 0.5) is 0 Å². The Bertz CT molecular complexity index is 235. The van der Waals surface area contributed by atoms with Crippen molar-refractivity contribution < 1.29 is 4.79 Å². The van der Waals surface area contributed by atoms with Gasteiger partial charge in [0.25, 0.3) is 0 Å². The molecule has 0 saturated heterocycles. The van der Waals surface area contributed by atoms with E-state index in [1.807, 2.05) is 14.1 Å². The van der Waals surface area contributed by atoms with Crippen molar-refractivity contribution in [3.8, 4) is 0 Å². The molecule has 1 aliphatic rings. The van der Waals surface area contributed by atoms with Crippen molar-refractivity contribution in [3.05, 3.63) is 0 Å². The minimum atomic E-state index is 0.218. The van der Waals surface area contributed by atoms with Crippen LogP contribution in [-0.4, -0.2) is 55.0 Å². The van der Waals surface area contributed by atoms with Gasteiger partial charge >= 0.3 is 0 Å². The van der Waals surface area contributed by atoms with Gasteiger partial charge < -0.3 is 15.5 Å². The fraction of sp³-hybridized carbons (Fsp3) is 0.923. The number of hydrogen-bond donors (Lipinski definition) is 1. The van der Waals surface area contributed by atoms with Crippen LogP contribution in [0, 0.1) is 0 Å². The number of nitrogens with two attached hydrogens (primary N) is 1. The molecule has 1 fully saturated rings. The van der Waals surface area contributed by atoms with E-state index in [0.29, 0.717) is 18.5 Å². The molecule has 0 spiro atoms. The lowest BCUT2D eigenvalue weighted by molar-refractivity contribution is -0.129. The molecule has 17 heavy (non-hydrogen) atoms. The summed E-state index contributed by atoms with van der Waals surface area (Å²) in [6.07, 6.45) is 5.26. The van der Waals surface area contributed by atoms with E-state index in [0.717, 1.165) is 25.9 Å². The topological polar surface area (TPSA) is 49.6 Å². The Morgan fingerprint density at radius 3 is 2.29 bits per heavy atom. The molecule has 1 aliphatic carbocycles. The van der Waals surface area contributed by atoms with Gasteiger partial charge in [-0.05, 0) is 32.2 Å². The second-order valence-electron chi connectivity index (χ2n) is 5.24. The lowest BCUT2D eigenvalue weighted by atomic mass is 9.90. The number of carbonyl (C=O) groups excluding carboxylic acids is 1. The molecule has 0 aromatic carbocycles. The lowest BCUT2D eigenvalue weighted by Crippen LogP contribution is -2.42.